The molecule has 1 N–H and O–H groups in total. The number of fused-ring (bicyclic) bond motifs is 1. The summed E-state index contributed by atoms with van der Waals surface area (Å²) in [7, 11) is -3.73. The highest BCUT2D eigenvalue weighted by molar-refractivity contribution is 7.89. The molecule has 0 saturated carbocycles. The van der Waals surface area contributed by atoms with Crippen LogP contribution >= 0.6 is 0 Å². The lowest BCUT2D eigenvalue weighted by Crippen LogP contribution is -2.23. The molecule has 0 radical (unpaired) electrons. The zero-order valence-corrected chi connectivity index (χ0v) is 16.6. The quantitative estimate of drug-likeness (QED) is 0.507. The molecule has 4 rings (SSSR count). The molecule has 0 fully saturated rings. The number of ether oxygens (including phenoxy) is 1. The average Bonchev–Trinajstić information content (AvgIpc) is 3.28. The summed E-state index contributed by atoms with van der Waals surface area (Å²) in [5.74, 6) is 1.29. The van der Waals surface area contributed by atoms with Crippen molar-refractivity contribution >= 4 is 20.8 Å². The van der Waals surface area contributed by atoms with Gasteiger partial charge in [-0.2, -0.15) is 5.10 Å². The summed E-state index contributed by atoms with van der Waals surface area (Å²) in [6.07, 6.45) is 5.07. The lowest BCUT2D eigenvalue weighted by molar-refractivity contribution is 0.344. The number of aromatic nitrogens is 3. The van der Waals surface area contributed by atoms with Crippen LogP contribution in [0.2, 0.25) is 0 Å². The minimum atomic E-state index is -3.73. The third-order valence-electron chi connectivity index (χ3n) is 4.45. The Bertz CT molecular complexity index is 1240. The fraction of sp³-hybridized carbons (Fsp3) is 0.143. The van der Waals surface area contributed by atoms with Crippen LogP contribution in [0.4, 0.5) is 0 Å². The fourth-order valence-electron chi connectivity index (χ4n) is 3.12. The van der Waals surface area contributed by atoms with Crippen LogP contribution < -0.4 is 9.46 Å². The van der Waals surface area contributed by atoms with Crippen LogP contribution in [0.25, 0.3) is 16.6 Å². The molecule has 0 saturated heterocycles. The van der Waals surface area contributed by atoms with Crippen molar-refractivity contribution in [2.24, 2.45) is 0 Å². The van der Waals surface area contributed by atoms with Gasteiger partial charge in [-0.05, 0) is 42.8 Å². The van der Waals surface area contributed by atoms with Gasteiger partial charge in [0, 0.05) is 35.9 Å². The van der Waals surface area contributed by atoms with E-state index in [4.69, 9.17) is 4.74 Å². The molecule has 8 heteroatoms. The first kappa shape index (κ1) is 19.1. The van der Waals surface area contributed by atoms with Crippen LogP contribution in [0.1, 0.15) is 12.5 Å². The van der Waals surface area contributed by atoms with Gasteiger partial charge in [0.05, 0.1) is 11.5 Å². The maximum Gasteiger partial charge on any atom is 0.241 e. The Morgan fingerprint density at radius 2 is 1.86 bits per heavy atom. The number of hydrogen-bond acceptors (Lipinski definition) is 5. The highest BCUT2D eigenvalue weighted by Crippen LogP contribution is 2.31. The molecule has 0 aliphatic heterocycles. The predicted molar refractivity (Wildman–Crippen MR) is 111 cm³/mol. The summed E-state index contributed by atoms with van der Waals surface area (Å²) >= 11 is 0. The van der Waals surface area contributed by atoms with Crippen LogP contribution in [0.5, 0.6) is 5.75 Å². The summed E-state index contributed by atoms with van der Waals surface area (Å²) in [6, 6.07) is 16.0. The Morgan fingerprint density at radius 3 is 2.62 bits per heavy atom. The lowest BCUT2D eigenvalue weighted by atomic mass is 10.1. The maximum atomic E-state index is 13.0. The molecule has 0 spiro atoms. The van der Waals surface area contributed by atoms with Crippen LogP contribution in [0.3, 0.4) is 0 Å². The number of sulfonamides is 1. The van der Waals surface area contributed by atoms with E-state index in [-0.39, 0.29) is 11.4 Å². The van der Waals surface area contributed by atoms with Gasteiger partial charge < -0.3 is 4.74 Å². The summed E-state index contributed by atoms with van der Waals surface area (Å²) in [5.41, 5.74) is 0.782. The van der Waals surface area contributed by atoms with E-state index in [0.717, 1.165) is 10.9 Å². The third-order valence-corrected chi connectivity index (χ3v) is 5.91. The monoisotopic (exact) mass is 408 g/mol. The standard InChI is InChI=1S/C21H20N4O3S/c1-2-28-19-8-9-20(18-7-4-3-6-17(18)19)29(26,27)24-15-16-10-12-22-21(14-16)25-13-5-11-23-25/h3-14,24H,2,15H2,1H3. The highest BCUT2D eigenvalue weighted by atomic mass is 32.2. The van der Waals surface area contributed by atoms with Crippen molar-refractivity contribution in [2.75, 3.05) is 6.61 Å². The van der Waals surface area contributed by atoms with Gasteiger partial charge >= 0.3 is 0 Å². The Kier molecular flexibility index (Phi) is 5.28. The highest BCUT2D eigenvalue weighted by Gasteiger charge is 2.19. The van der Waals surface area contributed by atoms with Crippen molar-refractivity contribution < 1.29 is 13.2 Å². The van der Waals surface area contributed by atoms with Crippen LogP contribution in [0, 0.1) is 0 Å². The Morgan fingerprint density at radius 1 is 1.03 bits per heavy atom. The minimum absolute atomic E-state index is 0.140. The van der Waals surface area contributed by atoms with Gasteiger partial charge in [0.2, 0.25) is 10.0 Å². The van der Waals surface area contributed by atoms with Crippen molar-refractivity contribution in [1.82, 2.24) is 19.5 Å². The molecule has 0 unspecified atom stereocenters. The van der Waals surface area contributed by atoms with E-state index in [1.807, 2.05) is 25.1 Å². The second-order valence-corrected chi connectivity index (χ2v) is 8.07. The summed E-state index contributed by atoms with van der Waals surface area (Å²) in [4.78, 5) is 4.48. The molecule has 0 bridgehead atoms. The van der Waals surface area contributed by atoms with Crippen LogP contribution in [0.15, 0.2) is 78.1 Å². The van der Waals surface area contributed by atoms with Gasteiger partial charge in [0.25, 0.3) is 0 Å². The molecule has 2 heterocycles. The average molecular weight is 408 g/mol. The van der Waals surface area contributed by atoms with Crippen molar-refractivity contribution in [3.8, 4) is 11.6 Å². The number of benzene rings is 2. The third kappa shape index (κ3) is 3.98. The minimum Gasteiger partial charge on any atom is -0.493 e. The fourth-order valence-corrected chi connectivity index (χ4v) is 4.34. The molecular weight excluding hydrogens is 388 g/mol. The van der Waals surface area contributed by atoms with Gasteiger partial charge in [-0.1, -0.05) is 24.3 Å². The largest absolute Gasteiger partial charge is 0.493 e. The second-order valence-electron chi connectivity index (χ2n) is 6.34. The summed E-state index contributed by atoms with van der Waals surface area (Å²) < 4.78 is 36.0. The van der Waals surface area contributed by atoms with E-state index in [1.165, 1.54) is 0 Å². The SMILES string of the molecule is CCOc1ccc(S(=O)(=O)NCc2ccnc(-n3cccn3)c2)c2ccccc12. The molecule has 0 aliphatic rings. The van der Waals surface area contributed by atoms with Crippen LogP contribution in [-0.2, 0) is 16.6 Å². The molecule has 7 nitrogen and oxygen atoms in total. The molecule has 148 valence electrons. The first-order valence-corrected chi connectivity index (χ1v) is 10.7. The molecule has 4 aromatic rings. The van der Waals surface area contributed by atoms with E-state index in [0.29, 0.717) is 23.6 Å². The molecule has 0 amide bonds. The van der Waals surface area contributed by atoms with Gasteiger partial charge in [-0.15, -0.1) is 0 Å². The zero-order chi connectivity index (χ0) is 20.3. The van der Waals surface area contributed by atoms with E-state index in [2.05, 4.69) is 14.8 Å². The van der Waals surface area contributed by atoms with Crippen LogP contribution in [-0.4, -0.2) is 29.8 Å². The van der Waals surface area contributed by atoms with Gasteiger partial charge in [0.1, 0.15) is 5.75 Å². The number of hydrogen-bond donors (Lipinski definition) is 1. The molecular formula is C21H20N4O3S. The Labute approximate surface area is 169 Å². The van der Waals surface area contributed by atoms with E-state index in [1.54, 1.807) is 59.7 Å². The first-order chi connectivity index (χ1) is 14.1. The predicted octanol–water partition coefficient (Wildman–Crippen LogP) is 3.30. The number of rotatable bonds is 7. The Hall–Kier alpha value is -3.23. The van der Waals surface area contributed by atoms with Crippen molar-refractivity contribution in [3.05, 3.63) is 78.8 Å². The summed E-state index contributed by atoms with van der Waals surface area (Å²) in [6.45, 7) is 2.54. The number of nitrogens with zero attached hydrogens (tertiary/aromatic N) is 3. The molecule has 2 aromatic carbocycles. The van der Waals surface area contributed by atoms with Gasteiger partial charge in [-0.25, -0.2) is 22.8 Å². The van der Waals surface area contributed by atoms with E-state index >= 15 is 0 Å². The Balaban J connectivity index is 1.62. The smallest absolute Gasteiger partial charge is 0.241 e. The molecule has 29 heavy (non-hydrogen) atoms. The topological polar surface area (TPSA) is 86.1 Å². The van der Waals surface area contributed by atoms with E-state index in [9.17, 15) is 8.42 Å². The second kappa shape index (κ2) is 8.02. The van der Waals surface area contributed by atoms with Gasteiger partial charge in [-0.3, -0.25) is 0 Å². The molecule has 0 atom stereocenters. The van der Waals surface area contributed by atoms with Crippen molar-refractivity contribution in [1.29, 1.82) is 0 Å². The number of pyridine rings is 1. The molecule has 2 aromatic heterocycles. The summed E-state index contributed by atoms with van der Waals surface area (Å²) in [5, 5.41) is 5.53. The van der Waals surface area contributed by atoms with Crippen molar-refractivity contribution in [2.45, 2.75) is 18.4 Å². The first-order valence-electron chi connectivity index (χ1n) is 9.17. The lowest BCUT2D eigenvalue weighted by Gasteiger charge is -2.13. The maximum absolute atomic E-state index is 13.0. The van der Waals surface area contributed by atoms with Gasteiger partial charge in [0.15, 0.2) is 5.82 Å². The van der Waals surface area contributed by atoms with E-state index < -0.39 is 10.0 Å². The zero-order valence-electron chi connectivity index (χ0n) is 15.8. The van der Waals surface area contributed by atoms with Crippen molar-refractivity contribution in [3.63, 3.8) is 0 Å². The number of nitrogens with one attached hydrogen (secondary N) is 1. The normalized spacial score (nSPS) is 11.6. The molecule has 0 aliphatic carbocycles.